The highest BCUT2D eigenvalue weighted by molar-refractivity contribution is 6.28. The van der Waals surface area contributed by atoms with Crippen LogP contribution in [-0.2, 0) is 0 Å². The first kappa shape index (κ1) is 13.5. The molecule has 0 spiro atoms. The Kier molecular flexibility index (Phi) is 2.28. The summed E-state index contributed by atoms with van der Waals surface area (Å²) in [5, 5.41) is 8.82. The SMILES string of the molecule is c1ccc2cc3c(cc2c1)c1nccc2ccc4c5ccccc5n3c4c21. The van der Waals surface area contributed by atoms with E-state index >= 15 is 0 Å². The van der Waals surface area contributed by atoms with Crippen LogP contribution in [0.25, 0.3) is 59.8 Å². The molecular formula is C25H14N2. The molecule has 0 bridgehead atoms. The minimum absolute atomic E-state index is 1.09. The smallest absolute Gasteiger partial charge is 0.0822 e. The van der Waals surface area contributed by atoms with Crippen LogP contribution in [0.3, 0.4) is 0 Å². The Morgan fingerprint density at radius 1 is 0.593 bits per heavy atom. The predicted molar refractivity (Wildman–Crippen MR) is 114 cm³/mol. The van der Waals surface area contributed by atoms with Gasteiger partial charge in [0.15, 0.2) is 0 Å². The van der Waals surface area contributed by atoms with Crippen molar-refractivity contribution in [2.75, 3.05) is 0 Å². The zero-order chi connectivity index (χ0) is 17.5. The number of rotatable bonds is 0. The third kappa shape index (κ3) is 1.55. The van der Waals surface area contributed by atoms with E-state index in [0.717, 1.165) is 5.52 Å². The number of benzene rings is 4. The number of aromatic nitrogens is 2. The lowest BCUT2D eigenvalue weighted by Gasteiger charge is -2.13. The van der Waals surface area contributed by atoms with E-state index in [1.165, 1.54) is 54.3 Å². The lowest BCUT2D eigenvalue weighted by Crippen LogP contribution is -1.94. The summed E-state index contributed by atoms with van der Waals surface area (Å²) in [6.07, 6.45) is 1.93. The van der Waals surface area contributed by atoms with Crippen LogP contribution in [0.2, 0.25) is 0 Å². The van der Waals surface area contributed by atoms with Gasteiger partial charge in [-0.3, -0.25) is 4.98 Å². The van der Waals surface area contributed by atoms with Crippen LogP contribution in [0.5, 0.6) is 0 Å². The Morgan fingerprint density at radius 2 is 1.41 bits per heavy atom. The fourth-order valence-electron chi connectivity index (χ4n) is 4.77. The second-order valence-electron chi connectivity index (χ2n) is 7.29. The third-order valence-electron chi connectivity index (χ3n) is 5.92. The molecule has 0 N–H and O–H groups in total. The molecule has 2 nitrogen and oxygen atoms in total. The lowest BCUT2D eigenvalue weighted by molar-refractivity contribution is 1.34. The normalized spacial score (nSPS) is 12.4. The topological polar surface area (TPSA) is 17.3 Å². The van der Waals surface area contributed by atoms with Gasteiger partial charge in [0.25, 0.3) is 0 Å². The summed E-state index contributed by atoms with van der Waals surface area (Å²) in [5.41, 5.74) is 4.85. The maximum Gasteiger partial charge on any atom is 0.0822 e. The van der Waals surface area contributed by atoms with Gasteiger partial charge in [0, 0.05) is 27.7 Å². The van der Waals surface area contributed by atoms with Gasteiger partial charge >= 0.3 is 0 Å². The Morgan fingerprint density at radius 3 is 2.33 bits per heavy atom. The van der Waals surface area contributed by atoms with Gasteiger partial charge in [0.05, 0.1) is 22.1 Å². The Balaban J connectivity index is 1.96. The average molecular weight is 342 g/mol. The quantitative estimate of drug-likeness (QED) is 0.226. The van der Waals surface area contributed by atoms with Crippen molar-refractivity contribution < 1.29 is 0 Å². The van der Waals surface area contributed by atoms with Crippen molar-refractivity contribution in [3.63, 3.8) is 0 Å². The number of nitrogens with zero attached hydrogens (tertiary/aromatic N) is 2. The van der Waals surface area contributed by atoms with Crippen LogP contribution in [0.1, 0.15) is 0 Å². The van der Waals surface area contributed by atoms with E-state index in [1.807, 2.05) is 6.20 Å². The molecular weight excluding hydrogens is 328 g/mol. The number of hydrogen-bond acceptors (Lipinski definition) is 1. The molecule has 0 saturated carbocycles. The molecule has 0 amide bonds. The van der Waals surface area contributed by atoms with Crippen molar-refractivity contribution in [2.45, 2.75) is 0 Å². The molecule has 27 heavy (non-hydrogen) atoms. The van der Waals surface area contributed by atoms with E-state index in [0.29, 0.717) is 0 Å². The fraction of sp³-hybridized carbons (Fsp3) is 0. The molecule has 0 saturated heterocycles. The van der Waals surface area contributed by atoms with Gasteiger partial charge in [0.2, 0.25) is 0 Å². The minimum atomic E-state index is 1.09. The zero-order valence-electron chi connectivity index (χ0n) is 14.5. The van der Waals surface area contributed by atoms with E-state index in [-0.39, 0.29) is 0 Å². The van der Waals surface area contributed by atoms with E-state index < -0.39 is 0 Å². The third-order valence-corrected chi connectivity index (χ3v) is 5.92. The Hall–Kier alpha value is -3.65. The lowest BCUT2D eigenvalue weighted by atomic mass is 10.0. The molecule has 3 heterocycles. The summed E-state index contributed by atoms with van der Waals surface area (Å²) in [6, 6.07) is 28.5. The predicted octanol–water partition coefficient (Wildman–Crippen LogP) is 6.54. The molecule has 0 unspecified atom stereocenters. The second kappa shape index (κ2) is 4.54. The summed E-state index contributed by atoms with van der Waals surface area (Å²) in [5.74, 6) is 0. The highest BCUT2D eigenvalue weighted by Crippen LogP contribution is 2.41. The maximum absolute atomic E-state index is 4.83. The van der Waals surface area contributed by atoms with Gasteiger partial charge in [-0.15, -0.1) is 0 Å². The molecule has 3 aromatic heterocycles. The van der Waals surface area contributed by atoms with Crippen LogP contribution < -0.4 is 0 Å². The summed E-state index contributed by atoms with van der Waals surface area (Å²) in [4.78, 5) is 4.83. The molecule has 0 fully saturated rings. The first-order valence-electron chi connectivity index (χ1n) is 9.24. The molecule has 4 aromatic carbocycles. The first-order valence-corrected chi connectivity index (χ1v) is 9.24. The fourth-order valence-corrected chi connectivity index (χ4v) is 4.77. The number of pyridine rings is 2. The molecule has 0 aliphatic heterocycles. The van der Waals surface area contributed by atoms with Crippen LogP contribution in [0.4, 0.5) is 0 Å². The van der Waals surface area contributed by atoms with Crippen LogP contribution in [0.15, 0.2) is 85.1 Å². The van der Waals surface area contributed by atoms with Crippen LogP contribution in [-0.4, -0.2) is 9.38 Å². The molecule has 124 valence electrons. The monoisotopic (exact) mass is 342 g/mol. The van der Waals surface area contributed by atoms with Crippen molar-refractivity contribution in [1.29, 1.82) is 0 Å². The molecule has 7 rings (SSSR count). The number of fused-ring (bicyclic) bond motifs is 7. The van der Waals surface area contributed by atoms with Crippen molar-refractivity contribution in [2.24, 2.45) is 0 Å². The van der Waals surface area contributed by atoms with Gasteiger partial charge < -0.3 is 4.40 Å². The zero-order valence-corrected chi connectivity index (χ0v) is 14.5. The molecule has 2 heteroatoms. The second-order valence-corrected chi connectivity index (χ2v) is 7.29. The van der Waals surface area contributed by atoms with Crippen LogP contribution in [0, 0.1) is 0 Å². The van der Waals surface area contributed by atoms with Gasteiger partial charge in [-0.25, -0.2) is 0 Å². The highest BCUT2D eigenvalue weighted by atomic mass is 14.9. The molecule has 0 atom stereocenters. The van der Waals surface area contributed by atoms with Crippen molar-refractivity contribution >= 4 is 59.8 Å². The summed E-state index contributed by atoms with van der Waals surface area (Å²) in [6.45, 7) is 0. The van der Waals surface area contributed by atoms with E-state index in [2.05, 4.69) is 83.3 Å². The summed E-state index contributed by atoms with van der Waals surface area (Å²) < 4.78 is 2.43. The Bertz CT molecular complexity index is 1670. The first-order chi connectivity index (χ1) is 13.4. The van der Waals surface area contributed by atoms with E-state index in [9.17, 15) is 0 Å². The van der Waals surface area contributed by atoms with Crippen molar-refractivity contribution in [1.82, 2.24) is 9.38 Å². The largest absolute Gasteiger partial charge is 0.308 e. The number of para-hydroxylation sites is 1. The Labute approximate surface area is 154 Å². The summed E-state index contributed by atoms with van der Waals surface area (Å²) >= 11 is 0. The molecule has 0 aliphatic carbocycles. The van der Waals surface area contributed by atoms with E-state index in [4.69, 9.17) is 4.98 Å². The van der Waals surface area contributed by atoms with Crippen molar-refractivity contribution in [3.05, 3.63) is 85.1 Å². The van der Waals surface area contributed by atoms with Gasteiger partial charge in [-0.2, -0.15) is 0 Å². The maximum atomic E-state index is 4.83. The number of hydrogen-bond donors (Lipinski definition) is 0. The standard InChI is InChI=1S/C25H14N2/c1-2-6-17-14-22-20(13-16(17)5-1)24-23-15(11-12-26-24)9-10-19-18-7-3-4-8-21(18)27(22)25(19)23/h1-14H. The van der Waals surface area contributed by atoms with Gasteiger partial charge in [-0.1, -0.05) is 54.6 Å². The van der Waals surface area contributed by atoms with Crippen molar-refractivity contribution in [3.8, 4) is 0 Å². The molecule has 0 aliphatic rings. The molecule has 0 radical (unpaired) electrons. The highest BCUT2D eigenvalue weighted by Gasteiger charge is 2.18. The van der Waals surface area contributed by atoms with E-state index in [1.54, 1.807) is 0 Å². The minimum Gasteiger partial charge on any atom is -0.308 e. The van der Waals surface area contributed by atoms with Gasteiger partial charge in [-0.05, 0) is 40.4 Å². The van der Waals surface area contributed by atoms with Gasteiger partial charge in [0.1, 0.15) is 0 Å². The molecule has 7 aromatic rings. The summed E-state index contributed by atoms with van der Waals surface area (Å²) in [7, 11) is 0. The van der Waals surface area contributed by atoms with Crippen LogP contribution >= 0.6 is 0 Å². The average Bonchev–Trinajstić information content (AvgIpc) is 3.07.